The SMILES string of the molecule is Cc1[nH]c2cc(CN3CCNCC3)ccc2c1C. The lowest BCUT2D eigenvalue weighted by atomic mass is 10.1. The summed E-state index contributed by atoms with van der Waals surface area (Å²) in [4.78, 5) is 5.99. The van der Waals surface area contributed by atoms with Crippen molar-refractivity contribution < 1.29 is 0 Å². The molecule has 0 unspecified atom stereocenters. The number of nitrogens with zero attached hydrogens (tertiary/aromatic N) is 1. The molecule has 2 N–H and O–H groups in total. The molecule has 3 heteroatoms. The fraction of sp³-hybridized carbons (Fsp3) is 0.467. The molecule has 2 aromatic rings. The Kier molecular flexibility index (Phi) is 3.10. The number of aromatic amines is 1. The van der Waals surface area contributed by atoms with Crippen LogP contribution in [0.5, 0.6) is 0 Å². The molecule has 2 heterocycles. The summed E-state index contributed by atoms with van der Waals surface area (Å²) in [7, 11) is 0. The van der Waals surface area contributed by atoms with E-state index in [-0.39, 0.29) is 0 Å². The molecule has 1 aliphatic rings. The average Bonchev–Trinajstić information content (AvgIpc) is 2.66. The summed E-state index contributed by atoms with van der Waals surface area (Å²) >= 11 is 0. The zero-order valence-corrected chi connectivity index (χ0v) is 11.2. The number of aryl methyl sites for hydroxylation is 2. The van der Waals surface area contributed by atoms with Crippen LogP contribution in [0.15, 0.2) is 18.2 Å². The van der Waals surface area contributed by atoms with E-state index in [2.05, 4.69) is 47.2 Å². The molecule has 0 amide bonds. The first kappa shape index (κ1) is 11.8. The highest BCUT2D eigenvalue weighted by atomic mass is 15.2. The molecule has 0 saturated carbocycles. The third kappa shape index (κ3) is 2.16. The average molecular weight is 243 g/mol. The van der Waals surface area contributed by atoms with Gasteiger partial charge in [0.15, 0.2) is 0 Å². The Morgan fingerprint density at radius 1 is 1.17 bits per heavy atom. The molecule has 0 atom stereocenters. The smallest absolute Gasteiger partial charge is 0.0462 e. The van der Waals surface area contributed by atoms with Crippen molar-refractivity contribution in [3.8, 4) is 0 Å². The van der Waals surface area contributed by atoms with Gasteiger partial charge < -0.3 is 10.3 Å². The van der Waals surface area contributed by atoms with Gasteiger partial charge in [-0.3, -0.25) is 4.90 Å². The standard InChI is InChI=1S/C15H21N3/c1-11-12(2)17-15-9-13(3-4-14(11)15)10-18-7-5-16-6-8-18/h3-4,9,16-17H,5-8,10H2,1-2H3. The van der Waals surface area contributed by atoms with Crippen LogP contribution in [-0.4, -0.2) is 36.1 Å². The molecule has 1 saturated heterocycles. The number of hydrogen-bond donors (Lipinski definition) is 2. The van der Waals surface area contributed by atoms with Gasteiger partial charge in [-0.15, -0.1) is 0 Å². The Labute approximate surface area is 108 Å². The van der Waals surface area contributed by atoms with Crippen LogP contribution in [0.2, 0.25) is 0 Å². The van der Waals surface area contributed by atoms with Crippen LogP contribution in [0, 0.1) is 13.8 Å². The molecule has 0 bridgehead atoms. The van der Waals surface area contributed by atoms with Gasteiger partial charge in [-0.25, -0.2) is 0 Å². The van der Waals surface area contributed by atoms with Gasteiger partial charge >= 0.3 is 0 Å². The summed E-state index contributed by atoms with van der Waals surface area (Å²) in [6.07, 6.45) is 0. The number of benzene rings is 1. The van der Waals surface area contributed by atoms with Crippen molar-refractivity contribution in [3.05, 3.63) is 35.0 Å². The maximum atomic E-state index is 3.47. The van der Waals surface area contributed by atoms with Crippen molar-refractivity contribution in [2.24, 2.45) is 0 Å². The predicted octanol–water partition coefficient (Wildman–Crippen LogP) is 2.19. The number of aromatic nitrogens is 1. The van der Waals surface area contributed by atoms with Crippen LogP contribution < -0.4 is 5.32 Å². The quantitative estimate of drug-likeness (QED) is 0.847. The van der Waals surface area contributed by atoms with Gasteiger partial charge in [0.1, 0.15) is 0 Å². The van der Waals surface area contributed by atoms with Gasteiger partial charge in [-0.1, -0.05) is 12.1 Å². The molecular formula is C15H21N3. The fourth-order valence-electron chi connectivity index (χ4n) is 2.75. The summed E-state index contributed by atoms with van der Waals surface area (Å²) in [6.45, 7) is 9.93. The van der Waals surface area contributed by atoms with Crippen molar-refractivity contribution in [2.45, 2.75) is 20.4 Å². The zero-order chi connectivity index (χ0) is 12.5. The van der Waals surface area contributed by atoms with Crippen LogP contribution >= 0.6 is 0 Å². The zero-order valence-electron chi connectivity index (χ0n) is 11.2. The lowest BCUT2D eigenvalue weighted by Gasteiger charge is -2.27. The second-order valence-electron chi connectivity index (χ2n) is 5.28. The van der Waals surface area contributed by atoms with E-state index in [9.17, 15) is 0 Å². The molecule has 0 aliphatic carbocycles. The molecule has 1 aromatic carbocycles. The van der Waals surface area contributed by atoms with Crippen LogP contribution in [0.4, 0.5) is 0 Å². The van der Waals surface area contributed by atoms with Crippen LogP contribution in [0.1, 0.15) is 16.8 Å². The van der Waals surface area contributed by atoms with Gasteiger partial charge in [0, 0.05) is 49.3 Å². The summed E-state index contributed by atoms with van der Waals surface area (Å²) in [5.74, 6) is 0. The van der Waals surface area contributed by atoms with Crippen molar-refractivity contribution in [1.29, 1.82) is 0 Å². The Balaban J connectivity index is 1.84. The van der Waals surface area contributed by atoms with E-state index in [1.807, 2.05) is 0 Å². The largest absolute Gasteiger partial charge is 0.358 e. The summed E-state index contributed by atoms with van der Waals surface area (Å²) in [5, 5.41) is 4.75. The number of nitrogens with one attached hydrogen (secondary N) is 2. The summed E-state index contributed by atoms with van der Waals surface area (Å²) in [5.41, 5.74) is 5.34. The third-order valence-corrected chi connectivity index (χ3v) is 3.99. The molecule has 96 valence electrons. The monoisotopic (exact) mass is 243 g/mol. The molecule has 0 spiro atoms. The molecule has 1 fully saturated rings. The van der Waals surface area contributed by atoms with E-state index in [1.165, 1.54) is 27.7 Å². The normalized spacial score (nSPS) is 17.4. The first-order valence-electron chi connectivity index (χ1n) is 6.75. The van der Waals surface area contributed by atoms with Crippen molar-refractivity contribution in [1.82, 2.24) is 15.2 Å². The number of hydrogen-bond acceptors (Lipinski definition) is 2. The van der Waals surface area contributed by atoms with E-state index in [0.717, 1.165) is 32.7 Å². The summed E-state index contributed by atoms with van der Waals surface area (Å²) in [6, 6.07) is 6.83. The molecule has 3 rings (SSSR count). The minimum Gasteiger partial charge on any atom is -0.358 e. The van der Waals surface area contributed by atoms with E-state index >= 15 is 0 Å². The minimum absolute atomic E-state index is 1.06. The Hall–Kier alpha value is -1.32. The van der Waals surface area contributed by atoms with E-state index in [0.29, 0.717) is 0 Å². The van der Waals surface area contributed by atoms with Crippen LogP contribution in [-0.2, 0) is 6.54 Å². The fourth-order valence-corrected chi connectivity index (χ4v) is 2.75. The molecule has 18 heavy (non-hydrogen) atoms. The molecule has 3 nitrogen and oxygen atoms in total. The topological polar surface area (TPSA) is 31.1 Å². The number of H-pyrrole nitrogens is 1. The van der Waals surface area contributed by atoms with E-state index in [4.69, 9.17) is 0 Å². The maximum Gasteiger partial charge on any atom is 0.0462 e. The highest BCUT2D eigenvalue weighted by Gasteiger charge is 2.11. The Morgan fingerprint density at radius 3 is 2.72 bits per heavy atom. The van der Waals surface area contributed by atoms with Gasteiger partial charge in [-0.05, 0) is 31.0 Å². The minimum atomic E-state index is 1.06. The van der Waals surface area contributed by atoms with Gasteiger partial charge in [0.25, 0.3) is 0 Å². The first-order valence-corrected chi connectivity index (χ1v) is 6.75. The second kappa shape index (κ2) is 4.75. The maximum absolute atomic E-state index is 3.47. The highest BCUT2D eigenvalue weighted by molar-refractivity contribution is 5.84. The molecule has 1 aromatic heterocycles. The predicted molar refractivity (Wildman–Crippen MR) is 75.9 cm³/mol. The number of rotatable bonds is 2. The van der Waals surface area contributed by atoms with Gasteiger partial charge in [0.2, 0.25) is 0 Å². The number of piperazine rings is 1. The van der Waals surface area contributed by atoms with Crippen LogP contribution in [0.3, 0.4) is 0 Å². The Bertz CT molecular complexity index is 550. The second-order valence-corrected chi connectivity index (χ2v) is 5.28. The third-order valence-electron chi connectivity index (χ3n) is 3.99. The Morgan fingerprint density at radius 2 is 1.94 bits per heavy atom. The lowest BCUT2D eigenvalue weighted by Crippen LogP contribution is -2.42. The van der Waals surface area contributed by atoms with Gasteiger partial charge in [0.05, 0.1) is 0 Å². The van der Waals surface area contributed by atoms with Crippen molar-refractivity contribution in [2.75, 3.05) is 26.2 Å². The number of fused-ring (bicyclic) bond motifs is 1. The van der Waals surface area contributed by atoms with Gasteiger partial charge in [-0.2, -0.15) is 0 Å². The molecule has 1 aliphatic heterocycles. The highest BCUT2D eigenvalue weighted by Crippen LogP contribution is 2.22. The van der Waals surface area contributed by atoms with E-state index in [1.54, 1.807) is 0 Å². The summed E-state index contributed by atoms with van der Waals surface area (Å²) < 4.78 is 0. The lowest BCUT2D eigenvalue weighted by molar-refractivity contribution is 0.233. The van der Waals surface area contributed by atoms with Crippen molar-refractivity contribution >= 4 is 10.9 Å². The van der Waals surface area contributed by atoms with E-state index < -0.39 is 0 Å². The first-order chi connectivity index (χ1) is 8.74. The van der Waals surface area contributed by atoms with Crippen LogP contribution in [0.25, 0.3) is 10.9 Å². The molecular weight excluding hydrogens is 222 g/mol. The van der Waals surface area contributed by atoms with Crippen molar-refractivity contribution in [3.63, 3.8) is 0 Å². The molecule has 0 radical (unpaired) electrons.